The molecule has 1 heterocycles. The van der Waals surface area contributed by atoms with Gasteiger partial charge < -0.3 is 5.32 Å². The maximum absolute atomic E-state index is 4.36. The van der Waals surface area contributed by atoms with Gasteiger partial charge in [-0.2, -0.15) is 5.10 Å². The number of aryl methyl sites for hydroxylation is 1. The van der Waals surface area contributed by atoms with Gasteiger partial charge in [0.1, 0.15) is 0 Å². The van der Waals surface area contributed by atoms with Crippen molar-refractivity contribution in [3.05, 3.63) is 11.3 Å². The van der Waals surface area contributed by atoms with E-state index in [2.05, 4.69) is 10.4 Å². The number of rotatable bonds is 1. The zero-order valence-electron chi connectivity index (χ0n) is 7.02. The first-order valence-corrected chi connectivity index (χ1v) is 4.05. The van der Waals surface area contributed by atoms with Crippen LogP contribution < -0.4 is 5.32 Å². The van der Waals surface area contributed by atoms with Crippen LogP contribution in [0.2, 0.25) is 0 Å². The lowest BCUT2D eigenvalue weighted by atomic mass is 10.2. The monoisotopic (exact) mass is 151 g/mol. The third-order valence-corrected chi connectivity index (χ3v) is 2.35. The van der Waals surface area contributed by atoms with Gasteiger partial charge in [-0.3, -0.25) is 4.68 Å². The van der Waals surface area contributed by atoms with E-state index >= 15 is 0 Å². The molecule has 0 aromatic carbocycles. The fourth-order valence-electron chi connectivity index (χ4n) is 1.81. The lowest BCUT2D eigenvalue weighted by Crippen LogP contribution is -1.97. The Bertz CT molecular complexity index is 275. The van der Waals surface area contributed by atoms with Crippen molar-refractivity contribution in [3.63, 3.8) is 0 Å². The molecule has 11 heavy (non-hydrogen) atoms. The predicted octanol–water partition coefficient (Wildman–Crippen LogP) is 0.950. The molecule has 1 aliphatic carbocycles. The lowest BCUT2D eigenvalue weighted by molar-refractivity contribution is 0.709. The van der Waals surface area contributed by atoms with Gasteiger partial charge in [0, 0.05) is 25.4 Å². The van der Waals surface area contributed by atoms with E-state index in [0.29, 0.717) is 0 Å². The number of fused-ring (bicyclic) bond motifs is 1. The van der Waals surface area contributed by atoms with Crippen LogP contribution in [0.25, 0.3) is 0 Å². The van der Waals surface area contributed by atoms with E-state index < -0.39 is 0 Å². The maximum Gasteiger partial charge on any atom is 0.151 e. The van der Waals surface area contributed by atoms with Crippen LogP contribution in [0.4, 0.5) is 5.82 Å². The Balaban J connectivity index is 2.52. The third-order valence-electron chi connectivity index (χ3n) is 2.35. The van der Waals surface area contributed by atoms with E-state index in [4.69, 9.17) is 0 Å². The molecule has 0 saturated heterocycles. The van der Waals surface area contributed by atoms with Crippen LogP contribution in [0.5, 0.6) is 0 Å². The fraction of sp³-hybridized carbons (Fsp3) is 0.625. The minimum Gasteiger partial charge on any atom is -0.371 e. The molecule has 0 fully saturated rings. The van der Waals surface area contributed by atoms with Crippen molar-refractivity contribution in [2.45, 2.75) is 19.3 Å². The average molecular weight is 151 g/mol. The third kappa shape index (κ3) is 0.836. The van der Waals surface area contributed by atoms with Crippen LogP contribution in [0.15, 0.2) is 0 Å². The first-order chi connectivity index (χ1) is 5.33. The Labute approximate surface area is 66.4 Å². The van der Waals surface area contributed by atoms with Gasteiger partial charge in [-0.05, 0) is 19.3 Å². The van der Waals surface area contributed by atoms with Crippen LogP contribution in [0.3, 0.4) is 0 Å². The van der Waals surface area contributed by atoms with Crippen LogP contribution in [-0.2, 0) is 19.9 Å². The average Bonchev–Trinajstić information content (AvgIpc) is 2.54. The summed E-state index contributed by atoms with van der Waals surface area (Å²) in [6, 6.07) is 0. The summed E-state index contributed by atoms with van der Waals surface area (Å²) < 4.78 is 1.99. The molecule has 0 bridgehead atoms. The molecule has 1 aromatic rings. The van der Waals surface area contributed by atoms with Gasteiger partial charge in [0.2, 0.25) is 0 Å². The summed E-state index contributed by atoms with van der Waals surface area (Å²) in [5.41, 5.74) is 2.84. The van der Waals surface area contributed by atoms with Crippen LogP contribution >= 0.6 is 0 Å². The first-order valence-electron chi connectivity index (χ1n) is 4.05. The summed E-state index contributed by atoms with van der Waals surface area (Å²) in [5, 5.41) is 7.47. The van der Waals surface area contributed by atoms with Gasteiger partial charge in [-0.25, -0.2) is 0 Å². The zero-order valence-corrected chi connectivity index (χ0v) is 7.02. The molecule has 0 saturated carbocycles. The Hall–Kier alpha value is -0.990. The number of anilines is 1. The van der Waals surface area contributed by atoms with E-state index in [0.717, 1.165) is 5.82 Å². The quantitative estimate of drug-likeness (QED) is 0.647. The molecule has 1 aromatic heterocycles. The minimum absolute atomic E-state index is 1.07. The van der Waals surface area contributed by atoms with E-state index in [1.807, 2.05) is 18.8 Å². The Morgan fingerprint density at radius 2 is 2.27 bits per heavy atom. The molecule has 3 nitrogen and oxygen atoms in total. The Kier molecular flexibility index (Phi) is 1.37. The van der Waals surface area contributed by atoms with Crippen molar-refractivity contribution in [1.82, 2.24) is 9.78 Å². The molecule has 3 heteroatoms. The standard InChI is InChI=1S/C8H13N3/c1-9-8-6-4-3-5-7(6)11(2)10-8/h3-5H2,1-2H3,(H,9,10). The van der Waals surface area contributed by atoms with Crippen molar-refractivity contribution in [2.24, 2.45) is 7.05 Å². The van der Waals surface area contributed by atoms with Crippen molar-refractivity contribution in [3.8, 4) is 0 Å². The smallest absolute Gasteiger partial charge is 0.151 e. The molecule has 1 aliphatic rings. The van der Waals surface area contributed by atoms with Gasteiger partial charge in [0.15, 0.2) is 5.82 Å². The number of aromatic nitrogens is 2. The van der Waals surface area contributed by atoms with Crippen molar-refractivity contribution >= 4 is 5.82 Å². The Morgan fingerprint density at radius 3 is 3.00 bits per heavy atom. The summed E-state index contributed by atoms with van der Waals surface area (Å²) >= 11 is 0. The van der Waals surface area contributed by atoms with Gasteiger partial charge in [-0.15, -0.1) is 0 Å². The molecule has 0 atom stereocenters. The van der Waals surface area contributed by atoms with E-state index in [9.17, 15) is 0 Å². The topological polar surface area (TPSA) is 29.9 Å². The summed E-state index contributed by atoms with van der Waals surface area (Å²) in [6.45, 7) is 0. The fourth-order valence-corrected chi connectivity index (χ4v) is 1.81. The van der Waals surface area contributed by atoms with Gasteiger partial charge in [0.25, 0.3) is 0 Å². The van der Waals surface area contributed by atoms with Crippen LogP contribution in [0, 0.1) is 0 Å². The molecule has 2 rings (SSSR count). The summed E-state index contributed by atoms with van der Waals surface area (Å²) in [6.07, 6.45) is 3.68. The van der Waals surface area contributed by atoms with Crippen LogP contribution in [0.1, 0.15) is 17.7 Å². The minimum atomic E-state index is 1.07. The normalized spacial score (nSPS) is 15.1. The first kappa shape index (κ1) is 6.70. The highest BCUT2D eigenvalue weighted by Gasteiger charge is 2.19. The molecule has 0 spiro atoms. The predicted molar refractivity (Wildman–Crippen MR) is 44.8 cm³/mol. The number of hydrogen-bond donors (Lipinski definition) is 1. The maximum atomic E-state index is 4.36. The lowest BCUT2D eigenvalue weighted by Gasteiger charge is -1.94. The van der Waals surface area contributed by atoms with Gasteiger partial charge in [0.05, 0.1) is 0 Å². The number of nitrogens with one attached hydrogen (secondary N) is 1. The highest BCUT2D eigenvalue weighted by Crippen LogP contribution is 2.27. The van der Waals surface area contributed by atoms with Crippen LogP contribution in [-0.4, -0.2) is 16.8 Å². The summed E-state index contributed by atoms with van der Waals surface area (Å²) in [5.74, 6) is 1.07. The molecule has 1 N–H and O–H groups in total. The van der Waals surface area contributed by atoms with Crippen molar-refractivity contribution in [1.29, 1.82) is 0 Å². The second-order valence-corrected chi connectivity index (χ2v) is 3.00. The molecule has 60 valence electrons. The largest absolute Gasteiger partial charge is 0.371 e. The number of hydrogen-bond acceptors (Lipinski definition) is 2. The molecule has 0 amide bonds. The van der Waals surface area contributed by atoms with Gasteiger partial charge in [-0.1, -0.05) is 0 Å². The zero-order chi connectivity index (χ0) is 7.84. The second-order valence-electron chi connectivity index (χ2n) is 3.00. The number of nitrogens with zero attached hydrogens (tertiary/aromatic N) is 2. The van der Waals surface area contributed by atoms with E-state index in [1.165, 1.54) is 30.5 Å². The van der Waals surface area contributed by atoms with E-state index in [1.54, 1.807) is 0 Å². The summed E-state index contributed by atoms with van der Waals surface area (Å²) in [4.78, 5) is 0. The Morgan fingerprint density at radius 1 is 1.45 bits per heavy atom. The SMILES string of the molecule is CNc1nn(C)c2c1CCC2. The molecular weight excluding hydrogens is 138 g/mol. The van der Waals surface area contributed by atoms with Crippen molar-refractivity contribution in [2.75, 3.05) is 12.4 Å². The van der Waals surface area contributed by atoms with Gasteiger partial charge >= 0.3 is 0 Å². The summed E-state index contributed by atoms with van der Waals surface area (Å²) in [7, 11) is 3.95. The highest BCUT2D eigenvalue weighted by atomic mass is 15.3. The molecular formula is C8H13N3. The highest BCUT2D eigenvalue weighted by molar-refractivity contribution is 5.48. The molecule has 0 radical (unpaired) electrons. The molecule has 0 unspecified atom stereocenters. The second kappa shape index (κ2) is 2.26. The van der Waals surface area contributed by atoms with E-state index in [-0.39, 0.29) is 0 Å². The molecule has 0 aliphatic heterocycles. The van der Waals surface area contributed by atoms with Crippen molar-refractivity contribution < 1.29 is 0 Å².